The summed E-state index contributed by atoms with van der Waals surface area (Å²) in [5.41, 5.74) is 8.27. The second kappa shape index (κ2) is 5.91. The molecule has 4 heteroatoms. The second-order valence-electron chi connectivity index (χ2n) is 3.96. The number of nitrogens with zero attached hydrogens (tertiary/aromatic N) is 1. The quantitative estimate of drug-likeness (QED) is 0.846. The molecule has 0 saturated heterocycles. The number of nitrogens with two attached hydrogens (primary N) is 1. The summed E-state index contributed by atoms with van der Waals surface area (Å²) in [7, 11) is 0. The molecule has 94 valence electrons. The zero-order chi connectivity index (χ0) is 12.8. The molecular weight excluding hydrogens is 226 g/mol. The van der Waals surface area contributed by atoms with E-state index < -0.39 is 0 Å². The van der Waals surface area contributed by atoms with Crippen LogP contribution in [0.4, 0.5) is 17.1 Å². The molecule has 0 bridgehead atoms. The van der Waals surface area contributed by atoms with E-state index in [4.69, 9.17) is 10.5 Å². The van der Waals surface area contributed by atoms with Crippen molar-refractivity contribution in [3.63, 3.8) is 0 Å². The van der Waals surface area contributed by atoms with Gasteiger partial charge in [0.1, 0.15) is 5.75 Å². The number of nitrogen functional groups attached to an aromatic ring is 1. The fraction of sp³-hybridized carbons (Fsp3) is 0.214. The number of nitrogens with one attached hydrogen (secondary N) is 1. The molecule has 0 aliphatic carbocycles. The lowest BCUT2D eigenvalue weighted by Gasteiger charge is -2.09. The topological polar surface area (TPSA) is 60.2 Å². The van der Waals surface area contributed by atoms with Crippen LogP contribution in [0.2, 0.25) is 0 Å². The zero-order valence-electron chi connectivity index (χ0n) is 10.4. The Labute approximate surface area is 107 Å². The maximum absolute atomic E-state index is 5.81. The Kier molecular flexibility index (Phi) is 4.02. The van der Waals surface area contributed by atoms with Crippen LogP contribution in [0, 0.1) is 0 Å². The number of hydrogen-bond donors (Lipinski definition) is 2. The molecule has 18 heavy (non-hydrogen) atoms. The Bertz CT molecular complexity index is 497. The number of rotatable bonds is 5. The molecule has 0 radical (unpaired) electrons. The van der Waals surface area contributed by atoms with Crippen molar-refractivity contribution in [1.29, 1.82) is 0 Å². The first-order valence-electron chi connectivity index (χ1n) is 5.99. The lowest BCUT2D eigenvalue weighted by Crippen LogP contribution is -1.97. The van der Waals surface area contributed by atoms with Gasteiger partial charge in [-0.05, 0) is 36.8 Å². The van der Waals surface area contributed by atoms with Gasteiger partial charge in [0.05, 0.1) is 24.2 Å². The fourth-order valence-electron chi connectivity index (χ4n) is 1.53. The molecule has 0 spiro atoms. The van der Waals surface area contributed by atoms with E-state index >= 15 is 0 Å². The van der Waals surface area contributed by atoms with E-state index in [0.29, 0.717) is 5.69 Å². The average molecular weight is 243 g/mol. The summed E-state index contributed by atoms with van der Waals surface area (Å²) in [5.74, 6) is 0.880. The van der Waals surface area contributed by atoms with Gasteiger partial charge in [0.2, 0.25) is 0 Å². The van der Waals surface area contributed by atoms with E-state index in [9.17, 15) is 0 Å². The van der Waals surface area contributed by atoms with E-state index in [1.165, 1.54) is 0 Å². The van der Waals surface area contributed by atoms with E-state index in [0.717, 1.165) is 30.2 Å². The molecule has 2 aromatic rings. The van der Waals surface area contributed by atoms with Crippen LogP contribution in [0.25, 0.3) is 0 Å². The molecular formula is C14H17N3O. The van der Waals surface area contributed by atoms with Crippen LogP contribution >= 0.6 is 0 Å². The van der Waals surface area contributed by atoms with Crippen molar-refractivity contribution in [2.24, 2.45) is 0 Å². The largest absolute Gasteiger partial charge is 0.494 e. The van der Waals surface area contributed by atoms with Gasteiger partial charge in [-0.25, -0.2) is 0 Å². The Morgan fingerprint density at radius 1 is 1.22 bits per heavy atom. The molecule has 0 aliphatic rings. The lowest BCUT2D eigenvalue weighted by atomic mass is 10.2. The van der Waals surface area contributed by atoms with E-state index in [2.05, 4.69) is 17.2 Å². The van der Waals surface area contributed by atoms with Crippen molar-refractivity contribution >= 4 is 17.1 Å². The smallest absolute Gasteiger partial charge is 0.119 e. The predicted octanol–water partition coefficient (Wildman–Crippen LogP) is 3.20. The average Bonchev–Trinajstić information content (AvgIpc) is 2.41. The molecule has 0 fully saturated rings. The first kappa shape index (κ1) is 12.2. The maximum atomic E-state index is 5.81. The summed E-state index contributed by atoms with van der Waals surface area (Å²) in [6.07, 6.45) is 4.34. The summed E-state index contributed by atoms with van der Waals surface area (Å²) >= 11 is 0. The van der Waals surface area contributed by atoms with Gasteiger partial charge in [-0.2, -0.15) is 0 Å². The predicted molar refractivity (Wildman–Crippen MR) is 74.2 cm³/mol. The van der Waals surface area contributed by atoms with Gasteiger partial charge in [0.15, 0.2) is 0 Å². The van der Waals surface area contributed by atoms with Gasteiger partial charge in [0, 0.05) is 11.9 Å². The summed E-state index contributed by atoms with van der Waals surface area (Å²) in [4.78, 5) is 3.95. The molecule has 0 saturated carbocycles. The highest BCUT2D eigenvalue weighted by Gasteiger charge is 1.99. The molecule has 0 aliphatic heterocycles. The molecule has 2 rings (SSSR count). The second-order valence-corrected chi connectivity index (χ2v) is 3.96. The molecule has 0 atom stereocenters. The fourth-order valence-corrected chi connectivity index (χ4v) is 1.53. The molecule has 4 nitrogen and oxygen atoms in total. The van der Waals surface area contributed by atoms with Crippen molar-refractivity contribution in [2.45, 2.75) is 13.3 Å². The van der Waals surface area contributed by atoms with Gasteiger partial charge in [0.25, 0.3) is 0 Å². The van der Waals surface area contributed by atoms with E-state index in [-0.39, 0.29) is 0 Å². The van der Waals surface area contributed by atoms with Gasteiger partial charge in [-0.1, -0.05) is 6.92 Å². The lowest BCUT2D eigenvalue weighted by molar-refractivity contribution is 0.317. The third kappa shape index (κ3) is 3.13. The Hall–Kier alpha value is -2.23. The molecule has 1 aromatic heterocycles. The standard InChI is InChI=1S/C14H17N3O/c1-2-9-18-12-5-3-11(4-6-12)17-14-7-8-16-10-13(14)15/h3-8,10H,2,9,15H2,1H3,(H,16,17). The number of benzene rings is 1. The normalized spacial score (nSPS) is 10.1. The molecule has 0 unspecified atom stereocenters. The van der Waals surface area contributed by atoms with Crippen molar-refractivity contribution in [3.8, 4) is 5.75 Å². The van der Waals surface area contributed by atoms with Crippen molar-refractivity contribution in [2.75, 3.05) is 17.7 Å². The first-order valence-corrected chi connectivity index (χ1v) is 5.99. The van der Waals surface area contributed by atoms with E-state index in [1.54, 1.807) is 12.4 Å². The van der Waals surface area contributed by atoms with Gasteiger partial charge in [-0.3, -0.25) is 4.98 Å². The van der Waals surface area contributed by atoms with E-state index in [1.807, 2.05) is 30.3 Å². The number of aromatic nitrogens is 1. The van der Waals surface area contributed by atoms with Crippen molar-refractivity contribution < 1.29 is 4.74 Å². The van der Waals surface area contributed by atoms with Crippen molar-refractivity contribution in [1.82, 2.24) is 4.98 Å². The Morgan fingerprint density at radius 3 is 2.67 bits per heavy atom. The highest BCUT2D eigenvalue weighted by molar-refractivity contribution is 5.71. The molecule has 1 aromatic carbocycles. The SMILES string of the molecule is CCCOc1ccc(Nc2ccncc2N)cc1. The first-order chi connectivity index (χ1) is 8.79. The Morgan fingerprint density at radius 2 is 2.00 bits per heavy atom. The van der Waals surface area contributed by atoms with Crippen LogP contribution in [-0.4, -0.2) is 11.6 Å². The molecule has 0 amide bonds. The van der Waals surface area contributed by atoms with Gasteiger partial charge >= 0.3 is 0 Å². The highest BCUT2D eigenvalue weighted by Crippen LogP contribution is 2.23. The van der Waals surface area contributed by atoms with Gasteiger partial charge in [-0.15, -0.1) is 0 Å². The maximum Gasteiger partial charge on any atom is 0.119 e. The minimum Gasteiger partial charge on any atom is -0.494 e. The van der Waals surface area contributed by atoms with Crippen LogP contribution in [0.3, 0.4) is 0 Å². The minimum absolute atomic E-state index is 0.629. The highest BCUT2D eigenvalue weighted by atomic mass is 16.5. The molecule has 3 N–H and O–H groups in total. The monoisotopic (exact) mass is 243 g/mol. The number of pyridine rings is 1. The summed E-state index contributed by atoms with van der Waals surface area (Å²) < 4.78 is 5.52. The summed E-state index contributed by atoms with van der Waals surface area (Å²) in [5, 5.41) is 3.23. The summed E-state index contributed by atoms with van der Waals surface area (Å²) in [6.45, 7) is 2.83. The number of hydrogen-bond acceptors (Lipinski definition) is 4. The zero-order valence-corrected chi connectivity index (χ0v) is 10.4. The molecule has 1 heterocycles. The van der Waals surface area contributed by atoms with Crippen molar-refractivity contribution in [3.05, 3.63) is 42.7 Å². The van der Waals surface area contributed by atoms with Crippen LogP contribution in [0.1, 0.15) is 13.3 Å². The third-order valence-electron chi connectivity index (χ3n) is 2.46. The third-order valence-corrected chi connectivity index (χ3v) is 2.46. The van der Waals surface area contributed by atoms with Crippen LogP contribution < -0.4 is 15.8 Å². The van der Waals surface area contributed by atoms with Crippen LogP contribution in [0.15, 0.2) is 42.7 Å². The van der Waals surface area contributed by atoms with Gasteiger partial charge < -0.3 is 15.8 Å². The summed E-state index contributed by atoms with van der Waals surface area (Å²) in [6, 6.07) is 9.65. The number of ether oxygens (including phenoxy) is 1. The van der Waals surface area contributed by atoms with Crippen LogP contribution in [-0.2, 0) is 0 Å². The Balaban J connectivity index is 2.04. The minimum atomic E-state index is 0.629. The number of anilines is 3. The van der Waals surface area contributed by atoms with Crippen LogP contribution in [0.5, 0.6) is 5.75 Å².